The monoisotopic (exact) mass is 558 g/mol. The second-order valence-corrected chi connectivity index (χ2v) is 11.9. The second kappa shape index (κ2) is 11.9. The Hall–Kier alpha value is -3.95. The van der Waals surface area contributed by atoms with E-state index in [1.807, 2.05) is 68.7 Å². The Morgan fingerprint density at radius 1 is 1.10 bits per heavy atom. The fourth-order valence-corrected chi connectivity index (χ4v) is 5.52. The topological polar surface area (TPSA) is 115 Å². The maximum Gasteiger partial charge on any atom is 0.249 e. The molecule has 1 unspecified atom stereocenters. The van der Waals surface area contributed by atoms with E-state index in [1.165, 1.54) is 0 Å². The standard InChI is InChI=1S/C32H42N6O3/c1-22(25-20-34-26-16-11-10-15-24(25)26)27(35-29(40)31(2,3)33)28(39)38-18-12-17-32(21-38,30(41)37(6)36(4)5)19-23-13-8-7-9-14-23/h7-11,13-16,20,27,34H,1,12,17-19,21,33H2,2-6H3,(H,35,40)/t27-,32?/m1/s1. The highest BCUT2D eigenvalue weighted by Crippen LogP contribution is 2.37. The number of fused-ring (bicyclic) bond motifs is 1. The molecular weight excluding hydrogens is 516 g/mol. The molecule has 4 rings (SSSR count). The Balaban J connectivity index is 1.71. The van der Waals surface area contributed by atoms with Crippen molar-refractivity contribution in [2.75, 3.05) is 34.2 Å². The van der Waals surface area contributed by atoms with E-state index in [4.69, 9.17) is 5.73 Å². The van der Waals surface area contributed by atoms with Gasteiger partial charge in [-0.05, 0) is 50.3 Å². The van der Waals surface area contributed by atoms with E-state index in [-0.39, 0.29) is 18.4 Å². The lowest BCUT2D eigenvalue weighted by atomic mass is 9.73. The summed E-state index contributed by atoms with van der Waals surface area (Å²) < 4.78 is 0. The summed E-state index contributed by atoms with van der Waals surface area (Å²) in [4.78, 5) is 46.4. The third kappa shape index (κ3) is 6.36. The minimum atomic E-state index is -1.21. The van der Waals surface area contributed by atoms with Gasteiger partial charge in [-0.15, -0.1) is 0 Å². The van der Waals surface area contributed by atoms with E-state index in [0.29, 0.717) is 31.4 Å². The minimum Gasteiger partial charge on any atom is -0.361 e. The summed E-state index contributed by atoms with van der Waals surface area (Å²) in [6.45, 7) is 8.16. The number of H-pyrrole nitrogens is 1. The van der Waals surface area contributed by atoms with Gasteiger partial charge in [0, 0.05) is 56.9 Å². The van der Waals surface area contributed by atoms with Crippen molar-refractivity contribution >= 4 is 34.2 Å². The molecule has 1 aliphatic heterocycles. The minimum absolute atomic E-state index is 0.0528. The molecule has 2 aromatic carbocycles. The van der Waals surface area contributed by atoms with Crippen molar-refractivity contribution in [1.82, 2.24) is 25.2 Å². The Bertz CT molecular complexity index is 1420. The van der Waals surface area contributed by atoms with Crippen LogP contribution in [0.3, 0.4) is 0 Å². The Morgan fingerprint density at radius 3 is 2.41 bits per heavy atom. The van der Waals surface area contributed by atoms with Crippen molar-refractivity contribution in [2.24, 2.45) is 11.1 Å². The lowest BCUT2D eigenvalue weighted by Crippen LogP contribution is -2.61. The number of hydrazine groups is 1. The number of aromatic nitrogens is 1. The van der Waals surface area contributed by atoms with Crippen molar-refractivity contribution in [3.05, 3.63) is 78.5 Å². The highest BCUT2D eigenvalue weighted by Gasteiger charge is 2.47. The maximum atomic E-state index is 14.4. The van der Waals surface area contributed by atoms with Crippen molar-refractivity contribution in [2.45, 2.75) is 44.7 Å². The van der Waals surface area contributed by atoms with Crippen molar-refractivity contribution in [3.8, 4) is 0 Å². The molecule has 1 aromatic heterocycles. The zero-order valence-corrected chi connectivity index (χ0v) is 24.7. The zero-order chi connectivity index (χ0) is 29.9. The van der Waals surface area contributed by atoms with Crippen LogP contribution in [0.2, 0.25) is 0 Å². The van der Waals surface area contributed by atoms with E-state index >= 15 is 0 Å². The number of carbonyl (C=O) groups is 3. The van der Waals surface area contributed by atoms with E-state index in [2.05, 4.69) is 16.9 Å². The van der Waals surface area contributed by atoms with Gasteiger partial charge >= 0.3 is 0 Å². The molecule has 0 spiro atoms. The highest BCUT2D eigenvalue weighted by atomic mass is 16.2. The Morgan fingerprint density at radius 2 is 1.76 bits per heavy atom. The third-order valence-corrected chi connectivity index (χ3v) is 8.01. The molecule has 9 nitrogen and oxygen atoms in total. The van der Waals surface area contributed by atoms with Gasteiger partial charge in [-0.3, -0.25) is 19.4 Å². The highest BCUT2D eigenvalue weighted by molar-refractivity contribution is 6.04. The van der Waals surface area contributed by atoms with Crippen LogP contribution in [0.4, 0.5) is 0 Å². The van der Waals surface area contributed by atoms with Gasteiger partial charge in [0.2, 0.25) is 17.7 Å². The van der Waals surface area contributed by atoms with Crippen LogP contribution in [0, 0.1) is 5.41 Å². The molecule has 218 valence electrons. The van der Waals surface area contributed by atoms with Crippen LogP contribution in [0.1, 0.15) is 37.8 Å². The lowest BCUT2D eigenvalue weighted by molar-refractivity contribution is -0.159. The summed E-state index contributed by atoms with van der Waals surface area (Å²) >= 11 is 0. The van der Waals surface area contributed by atoms with Gasteiger partial charge in [0.15, 0.2) is 0 Å². The first kappa shape index (κ1) is 30.0. The number of hydrogen-bond acceptors (Lipinski definition) is 5. The van der Waals surface area contributed by atoms with Crippen LogP contribution in [0.5, 0.6) is 0 Å². The number of nitrogens with two attached hydrogens (primary N) is 1. The van der Waals surface area contributed by atoms with Crippen LogP contribution in [-0.4, -0.2) is 83.4 Å². The van der Waals surface area contributed by atoms with Crippen molar-refractivity contribution in [3.63, 3.8) is 0 Å². The van der Waals surface area contributed by atoms with E-state index in [9.17, 15) is 14.4 Å². The largest absolute Gasteiger partial charge is 0.361 e. The summed E-state index contributed by atoms with van der Waals surface area (Å²) in [5.41, 5.74) is 7.21. The van der Waals surface area contributed by atoms with Gasteiger partial charge in [0.25, 0.3) is 0 Å². The summed E-state index contributed by atoms with van der Waals surface area (Å²) in [5.74, 6) is -0.828. The molecule has 3 amide bonds. The van der Waals surface area contributed by atoms with Crippen LogP contribution in [0.25, 0.3) is 16.5 Å². The first-order chi connectivity index (χ1) is 19.3. The fraction of sp³-hybridized carbons (Fsp3) is 0.406. The predicted octanol–water partition coefficient (Wildman–Crippen LogP) is 3.19. The van der Waals surface area contributed by atoms with Gasteiger partial charge in [0.1, 0.15) is 6.04 Å². The molecule has 4 N–H and O–H groups in total. The Labute approximate surface area is 242 Å². The third-order valence-electron chi connectivity index (χ3n) is 8.01. The number of nitrogens with zero attached hydrogens (tertiary/aromatic N) is 3. The van der Waals surface area contributed by atoms with Crippen LogP contribution >= 0.6 is 0 Å². The van der Waals surface area contributed by atoms with Gasteiger partial charge in [-0.2, -0.15) is 0 Å². The van der Waals surface area contributed by atoms with Gasteiger partial charge in [-0.1, -0.05) is 55.1 Å². The van der Waals surface area contributed by atoms with Crippen molar-refractivity contribution in [1.29, 1.82) is 0 Å². The van der Waals surface area contributed by atoms with E-state index < -0.39 is 22.9 Å². The molecule has 1 aliphatic rings. The molecule has 0 saturated carbocycles. The molecule has 41 heavy (non-hydrogen) atoms. The molecule has 2 heterocycles. The first-order valence-corrected chi connectivity index (χ1v) is 14.0. The smallest absolute Gasteiger partial charge is 0.249 e. The number of carbonyl (C=O) groups excluding carboxylic acids is 3. The van der Waals surface area contributed by atoms with Crippen LogP contribution in [0.15, 0.2) is 67.4 Å². The normalized spacial score (nSPS) is 18.3. The zero-order valence-electron chi connectivity index (χ0n) is 24.7. The van der Waals surface area contributed by atoms with E-state index in [1.54, 1.807) is 42.0 Å². The summed E-state index contributed by atoms with van der Waals surface area (Å²) in [7, 11) is 5.40. The fourth-order valence-electron chi connectivity index (χ4n) is 5.52. The number of piperidine rings is 1. The number of nitrogens with one attached hydrogen (secondary N) is 2. The number of rotatable bonds is 9. The molecule has 1 saturated heterocycles. The Kier molecular flexibility index (Phi) is 8.70. The lowest BCUT2D eigenvalue weighted by Gasteiger charge is -2.45. The number of aromatic amines is 1. The SMILES string of the molecule is C=C(c1c[nH]c2ccccc12)[C@@H](NC(=O)C(C)(C)N)C(=O)N1CCCC(Cc2ccccc2)(C(=O)N(C)N(C)C)C1. The molecule has 0 radical (unpaired) electrons. The number of likely N-dealkylation sites (tertiary alicyclic amines) is 1. The maximum absolute atomic E-state index is 14.4. The van der Waals surface area contributed by atoms with E-state index in [0.717, 1.165) is 22.0 Å². The van der Waals surface area contributed by atoms with Crippen LogP contribution in [-0.2, 0) is 20.8 Å². The molecule has 1 fully saturated rings. The number of amides is 3. The summed E-state index contributed by atoms with van der Waals surface area (Å²) in [5, 5.41) is 7.14. The average molecular weight is 559 g/mol. The van der Waals surface area contributed by atoms with Gasteiger partial charge in [-0.25, -0.2) is 5.01 Å². The first-order valence-electron chi connectivity index (χ1n) is 14.0. The molecular formula is C32H42N6O3. The van der Waals surface area contributed by atoms with Gasteiger partial charge < -0.3 is 20.9 Å². The number of hydrogen-bond donors (Lipinski definition) is 3. The predicted molar refractivity (Wildman–Crippen MR) is 162 cm³/mol. The quantitative estimate of drug-likeness (QED) is 0.349. The number of para-hydroxylation sites is 1. The van der Waals surface area contributed by atoms with Crippen molar-refractivity contribution < 1.29 is 14.4 Å². The van der Waals surface area contributed by atoms with Gasteiger partial charge in [0.05, 0.1) is 11.0 Å². The van der Waals surface area contributed by atoms with Crippen LogP contribution < -0.4 is 11.1 Å². The molecule has 2 atom stereocenters. The molecule has 0 aliphatic carbocycles. The average Bonchev–Trinajstić information content (AvgIpc) is 3.38. The summed E-state index contributed by atoms with van der Waals surface area (Å²) in [6, 6.07) is 16.6. The molecule has 3 aromatic rings. The molecule has 9 heteroatoms. The second-order valence-electron chi connectivity index (χ2n) is 11.9. The summed E-state index contributed by atoms with van der Waals surface area (Å²) in [6.07, 6.45) is 3.58. The number of benzene rings is 2. The molecule has 0 bridgehead atoms.